The maximum Gasteiger partial charge on any atom is 0.134 e. The number of Topliss-reactive ketones (excluding diaryl/α,β-unsaturated/α-hetero) is 1. The first-order chi connectivity index (χ1) is 3.60. The van der Waals surface area contributed by atoms with Crippen molar-refractivity contribution in [1.82, 2.24) is 0 Å². The first-order valence-corrected chi connectivity index (χ1v) is 3.29. The highest BCUT2D eigenvalue weighted by atomic mass is 32.1. The molecule has 46 valence electrons. The van der Waals surface area contributed by atoms with Gasteiger partial charge in [-0.15, -0.1) is 0 Å². The first-order valence-electron chi connectivity index (χ1n) is 2.84. The van der Waals surface area contributed by atoms with Crippen molar-refractivity contribution in [1.29, 1.82) is 0 Å². The minimum atomic E-state index is 0.0110. The van der Waals surface area contributed by atoms with E-state index in [1.54, 1.807) is 0 Å². The second kappa shape index (κ2) is 1.76. The van der Waals surface area contributed by atoms with Crippen LogP contribution in [-0.4, -0.2) is 10.5 Å². The molecule has 0 aromatic carbocycles. The van der Waals surface area contributed by atoms with E-state index in [0.717, 1.165) is 12.8 Å². The summed E-state index contributed by atoms with van der Waals surface area (Å²) in [4.78, 5) is 10.6. The van der Waals surface area contributed by atoms with E-state index in [4.69, 9.17) is 0 Å². The third kappa shape index (κ3) is 1.25. The van der Waals surface area contributed by atoms with Gasteiger partial charge in [-0.1, -0.05) is 6.92 Å². The molecule has 0 amide bonds. The quantitative estimate of drug-likeness (QED) is 0.491. The van der Waals surface area contributed by atoms with Crippen molar-refractivity contribution in [3.8, 4) is 0 Å². The van der Waals surface area contributed by atoms with E-state index in [1.165, 1.54) is 0 Å². The van der Waals surface area contributed by atoms with Gasteiger partial charge in [-0.2, -0.15) is 12.6 Å². The third-order valence-electron chi connectivity index (χ3n) is 1.52. The summed E-state index contributed by atoms with van der Waals surface area (Å²) in [5, 5.41) is 0. The molecule has 1 unspecified atom stereocenters. The van der Waals surface area contributed by atoms with Crippen LogP contribution < -0.4 is 0 Å². The molecule has 1 nitrogen and oxygen atoms in total. The molecule has 0 saturated heterocycles. The summed E-state index contributed by atoms with van der Waals surface area (Å²) >= 11 is 4.29. The zero-order chi connectivity index (χ0) is 6.20. The van der Waals surface area contributed by atoms with Gasteiger partial charge in [-0.3, -0.25) is 4.79 Å². The molecule has 1 fully saturated rings. The average molecular weight is 130 g/mol. The largest absolute Gasteiger partial charge is 0.300 e. The molecular formula is C6H10OS. The van der Waals surface area contributed by atoms with Crippen LogP contribution in [0.15, 0.2) is 0 Å². The standard InChI is InChI=1S/C6H10OS/c1-6(8)3-2-5(7)4-6/h8H,2-4H2,1H3. The maximum atomic E-state index is 10.6. The summed E-state index contributed by atoms with van der Waals surface area (Å²) in [6, 6.07) is 0. The minimum absolute atomic E-state index is 0.0110. The van der Waals surface area contributed by atoms with Crippen LogP contribution in [0.3, 0.4) is 0 Å². The van der Waals surface area contributed by atoms with Crippen LogP contribution >= 0.6 is 12.6 Å². The van der Waals surface area contributed by atoms with E-state index < -0.39 is 0 Å². The molecule has 1 rings (SSSR count). The van der Waals surface area contributed by atoms with Gasteiger partial charge in [0.25, 0.3) is 0 Å². The Labute approximate surface area is 54.9 Å². The van der Waals surface area contributed by atoms with Gasteiger partial charge in [0, 0.05) is 17.6 Å². The number of hydrogen-bond acceptors (Lipinski definition) is 2. The summed E-state index contributed by atoms with van der Waals surface area (Å²) in [5.74, 6) is 0.363. The summed E-state index contributed by atoms with van der Waals surface area (Å²) in [6.07, 6.45) is 2.35. The summed E-state index contributed by atoms with van der Waals surface area (Å²) in [7, 11) is 0. The van der Waals surface area contributed by atoms with Crippen LogP contribution in [0.4, 0.5) is 0 Å². The van der Waals surface area contributed by atoms with Gasteiger partial charge in [0.2, 0.25) is 0 Å². The molecule has 0 radical (unpaired) electrons. The first kappa shape index (κ1) is 6.14. The average Bonchev–Trinajstić information content (AvgIpc) is 1.82. The van der Waals surface area contributed by atoms with E-state index >= 15 is 0 Å². The van der Waals surface area contributed by atoms with Crippen molar-refractivity contribution < 1.29 is 4.79 Å². The summed E-state index contributed by atoms with van der Waals surface area (Å²) in [5.41, 5.74) is 0. The van der Waals surface area contributed by atoms with Crippen LogP contribution in [-0.2, 0) is 4.79 Å². The molecule has 0 aromatic rings. The molecule has 1 aliphatic carbocycles. The Morgan fingerprint density at radius 2 is 2.38 bits per heavy atom. The van der Waals surface area contributed by atoms with Crippen molar-refractivity contribution in [3.05, 3.63) is 0 Å². The van der Waals surface area contributed by atoms with Crippen molar-refractivity contribution >= 4 is 18.4 Å². The van der Waals surface area contributed by atoms with E-state index in [2.05, 4.69) is 12.6 Å². The molecule has 1 atom stereocenters. The Hall–Kier alpha value is 0.0200. The molecule has 0 spiro atoms. The zero-order valence-corrected chi connectivity index (χ0v) is 5.87. The predicted octanol–water partition coefficient (Wildman–Crippen LogP) is 1.43. The molecular weight excluding hydrogens is 120 g/mol. The summed E-state index contributed by atoms with van der Waals surface area (Å²) < 4.78 is 0.0110. The Bertz CT molecular complexity index is 118. The van der Waals surface area contributed by atoms with E-state index in [1.807, 2.05) is 6.92 Å². The number of hydrogen-bond donors (Lipinski definition) is 1. The van der Waals surface area contributed by atoms with Crippen LogP contribution in [0, 0.1) is 0 Å². The third-order valence-corrected chi connectivity index (χ3v) is 1.90. The van der Waals surface area contributed by atoms with Gasteiger partial charge < -0.3 is 0 Å². The molecule has 0 bridgehead atoms. The fourth-order valence-corrected chi connectivity index (χ4v) is 1.30. The summed E-state index contributed by atoms with van der Waals surface area (Å²) in [6.45, 7) is 2.01. The fourth-order valence-electron chi connectivity index (χ4n) is 1.01. The molecule has 0 aliphatic heterocycles. The highest BCUT2D eigenvalue weighted by molar-refractivity contribution is 7.81. The lowest BCUT2D eigenvalue weighted by Gasteiger charge is -2.11. The number of thiol groups is 1. The topological polar surface area (TPSA) is 17.1 Å². The van der Waals surface area contributed by atoms with Crippen molar-refractivity contribution in [2.75, 3.05) is 0 Å². The number of rotatable bonds is 0. The molecule has 0 N–H and O–H groups in total. The zero-order valence-electron chi connectivity index (χ0n) is 4.98. The normalized spacial score (nSPS) is 38.5. The highest BCUT2D eigenvalue weighted by Gasteiger charge is 2.29. The van der Waals surface area contributed by atoms with E-state index in [9.17, 15) is 4.79 Å². The molecule has 8 heavy (non-hydrogen) atoms. The number of carbonyl (C=O) groups excluding carboxylic acids is 1. The Morgan fingerprint density at radius 1 is 1.75 bits per heavy atom. The maximum absolute atomic E-state index is 10.6. The highest BCUT2D eigenvalue weighted by Crippen LogP contribution is 2.31. The predicted molar refractivity (Wildman–Crippen MR) is 36.2 cm³/mol. The molecule has 0 aromatic heterocycles. The lowest BCUT2D eigenvalue weighted by molar-refractivity contribution is -0.117. The monoisotopic (exact) mass is 130 g/mol. The van der Waals surface area contributed by atoms with Gasteiger partial charge in [-0.25, -0.2) is 0 Å². The smallest absolute Gasteiger partial charge is 0.134 e. The van der Waals surface area contributed by atoms with Crippen molar-refractivity contribution in [2.45, 2.75) is 30.9 Å². The molecule has 0 heterocycles. The van der Waals surface area contributed by atoms with Crippen LogP contribution in [0.1, 0.15) is 26.2 Å². The van der Waals surface area contributed by atoms with Gasteiger partial charge in [-0.05, 0) is 6.42 Å². The van der Waals surface area contributed by atoms with Crippen LogP contribution in [0.5, 0.6) is 0 Å². The SMILES string of the molecule is CC1(S)CCC(=O)C1. The second-order valence-corrected chi connectivity index (χ2v) is 3.79. The Morgan fingerprint density at radius 3 is 2.50 bits per heavy atom. The van der Waals surface area contributed by atoms with Gasteiger partial charge >= 0.3 is 0 Å². The van der Waals surface area contributed by atoms with E-state index in [-0.39, 0.29) is 4.75 Å². The Kier molecular flexibility index (Phi) is 1.35. The van der Waals surface area contributed by atoms with Crippen LogP contribution in [0.25, 0.3) is 0 Å². The minimum Gasteiger partial charge on any atom is -0.300 e. The van der Waals surface area contributed by atoms with E-state index in [0.29, 0.717) is 12.2 Å². The van der Waals surface area contributed by atoms with Crippen LogP contribution in [0.2, 0.25) is 0 Å². The molecule has 2 heteroatoms. The lowest BCUT2D eigenvalue weighted by atomic mass is 10.1. The number of carbonyl (C=O) groups is 1. The molecule has 1 aliphatic rings. The molecule has 1 saturated carbocycles. The van der Waals surface area contributed by atoms with Gasteiger partial charge in [0.15, 0.2) is 0 Å². The fraction of sp³-hybridized carbons (Fsp3) is 0.833. The van der Waals surface area contributed by atoms with Crippen molar-refractivity contribution in [2.24, 2.45) is 0 Å². The van der Waals surface area contributed by atoms with Crippen molar-refractivity contribution in [3.63, 3.8) is 0 Å². The lowest BCUT2D eigenvalue weighted by Crippen LogP contribution is -2.09. The van der Waals surface area contributed by atoms with Gasteiger partial charge in [0.05, 0.1) is 0 Å². The van der Waals surface area contributed by atoms with Gasteiger partial charge in [0.1, 0.15) is 5.78 Å². The Balaban J connectivity index is 2.56. The second-order valence-electron chi connectivity index (χ2n) is 2.71. The number of ketones is 1.